The number of amides is 1. The van der Waals surface area contributed by atoms with Crippen molar-refractivity contribution < 1.29 is 9.21 Å². The van der Waals surface area contributed by atoms with E-state index in [4.69, 9.17) is 16.1 Å². The molecule has 0 bridgehead atoms. The predicted octanol–water partition coefficient (Wildman–Crippen LogP) is 3.58. The van der Waals surface area contributed by atoms with Gasteiger partial charge in [-0.05, 0) is 67.2 Å². The summed E-state index contributed by atoms with van der Waals surface area (Å²) in [5.41, 5.74) is 8.94. The molecule has 1 aromatic carbocycles. The summed E-state index contributed by atoms with van der Waals surface area (Å²) in [5, 5.41) is 1.14. The van der Waals surface area contributed by atoms with E-state index in [1.807, 2.05) is 18.2 Å². The number of likely N-dealkylation sites (tertiary alicyclic amines) is 1. The molecule has 34 heavy (non-hydrogen) atoms. The Morgan fingerprint density at radius 3 is 2.79 bits per heavy atom. The number of piperidine rings is 1. The van der Waals surface area contributed by atoms with E-state index >= 15 is 0 Å². The van der Waals surface area contributed by atoms with Crippen LogP contribution in [-0.2, 0) is 4.79 Å². The van der Waals surface area contributed by atoms with Crippen LogP contribution in [0.2, 0.25) is 0 Å². The topological polar surface area (TPSA) is 125 Å². The fourth-order valence-corrected chi connectivity index (χ4v) is 6.48. The van der Waals surface area contributed by atoms with Crippen LogP contribution in [0, 0.1) is 11.8 Å². The van der Waals surface area contributed by atoms with Crippen molar-refractivity contribution in [1.29, 1.82) is 0 Å². The number of aromatic amines is 1. The molecule has 2 fully saturated rings. The monoisotopic (exact) mass is 464 g/mol. The minimum absolute atomic E-state index is 0.0845. The highest BCUT2D eigenvalue weighted by atomic mass is 16.3. The van der Waals surface area contributed by atoms with Crippen molar-refractivity contribution in [3.63, 3.8) is 0 Å². The van der Waals surface area contributed by atoms with Gasteiger partial charge in [-0.3, -0.25) is 16.5 Å². The summed E-state index contributed by atoms with van der Waals surface area (Å²) in [5.74, 6) is 13.4. The molecule has 4 unspecified atom stereocenters. The Kier molecular flexibility index (Phi) is 6.74. The Hall–Kier alpha value is -2.65. The summed E-state index contributed by atoms with van der Waals surface area (Å²) in [7, 11) is 0. The van der Waals surface area contributed by atoms with E-state index in [1.165, 1.54) is 0 Å². The number of nitrogens with two attached hydrogens (primary N) is 2. The maximum atomic E-state index is 13.6. The number of fused-ring (bicyclic) bond motifs is 2. The SMILES string of the molecule is CC(CC(=O)N1CCCC2C(C(NN)NN)CCCC21)c1c[nH]c2cccc(-c3ccco3)c12. The van der Waals surface area contributed by atoms with Gasteiger partial charge in [0.2, 0.25) is 5.91 Å². The Labute approximate surface area is 200 Å². The summed E-state index contributed by atoms with van der Waals surface area (Å²) in [4.78, 5) is 19.2. The molecule has 1 saturated heterocycles. The van der Waals surface area contributed by atoms with E-state index in [9.17, 15) is 4.79 Å². The van der Waals surface area contributed by atoms with Crippen LogP contribution in [0.25, 0.3) is 22.2 Å². The first-order valence-electron chi connectivity index (χ1n) is 12.5. The third-order valence-electron chi connectivity index (χ3n) is 8.06. The number of benzene rings is 1. The summed E-state index contributed by atoms with van der Waals surface area (Å²) < 4.78 is 5.70. The highest BCUT2D eigenvalue weighted by Crippen LogP contribution is 2.41. The van der Waals surface area contributed by atoms with Crippen molar-refractivity contribution in [3.8, 4) is 11.3 Å². The molecule has 4 atom stereocenters. The lowest BCUT2D eigenvalue weighted by Crippen LogP contribution is -2.61. The minimum atomic E-state index is -0.131. The first-order valence-corrected chi connectivity index (χ1v) is 12.5. The molecule has 1 aliphatic carbocycles. The first-order chi connectivity index (χ1) is 16.6. The first kappa shape index (κ1) is 23.1. The maximum absolute atomic E-state index is 13.6. The largest absolute Gasteiger partial charge is 0.464 e. The van der Waals surface area contributed by atoms with Crippen LogP contribution in [0.4, 0.5) is 0 Å². The summed E-state index contributed by atoms with van der Waals surface area (Å²) >= 11 is 0. The van der Waals surface area contributed by atoms with Gasteiger partial charge >= 0.3 is 0 Å². The molecule has 2 aliphatic rings. The molecule has 3 heterocycles. The lowest BCUT2D eigenvalue weighted by atomic mass is 9.70. The number of rotatable bonds is 7. The van der Waals surface area contributed by atoms with Crippen LogP contribution in [0.1, 0.15) is 56.9 Å². The number of carbonyl (C=O) groups is 1. The third kappa shape index (κ3) is 4.15. The molecular formula is C26H36N6O2. The quantitative estimate of drug-likeness (QED) is 0.207. The molecule has 8 heteroatoms. The molecule has 0 radical (unpaired) electrons. The molecule has 1 aliphatic heterocycles. The second kappa shape index (κ2) is 9.92. The fourth-order valence-electron chi connectivity index (χ4n) is 6.48. The van der Waals surface area contributed by atoms with E-state index < -0.39 is 0 Å². The van der Waals surface area contributed by atoms with Crippen molar-refractivity contribution in [2.45, 2.75) is 63.6 Å². The third-order valence-corrected chi connectivity index (χ3v) is 8.06. The number of nitrogens with one attached hydrogen (secondary N) is 3. The molecule has 5 rings (SSSR count). The number of carbonyl (C=O) groups excluding carboxylic acids is 1. The molecular weight excluding hydrogens is 428 g/mol. The van der Waals surface area contributed by atoms with Gasteiger partial charge < -0.3 is 14.3 Å². The standard InChI is InChI=1S/C26H36N6O2/c1-16(20-15-29-21-9-2-7-19(25(20)21)23-11-5-13-34-23)14-24(33)32-12-4-8-17-18(26(30-27)31-28)6-3-10-22(17)32/h2,5,7,9,11,13,15-18,22,26,29-31H,3-4,6,8,10,12,14,27-28H2,1H3. The van der Waals surface area contributed by atoms with Crippen molar-refractivity contribution >= 4 is 16.8 Å². The minimum Gasteiger partial charge on any atom is -0.464 e. The highest BCUT2D eigenvalue weighted by Gasteiger charge is 2.43. The van der Waals surface area contributed by atoms with Gasteiger partial charge in [0.05, 0.1) is 12.4 Å². The number of H-pyrrole nitrogens is 1. The van der Waals surface area contributed by atoms with Crippen LogP contribution in [-0.4, -0.2) is 34.5 Å². The Balaban J connectivity index is 1.36. The van der Waals surface area contributed by atoms with E-state index in [0.29, 0.717) is 18.3 Å². The average Bonchev–Trinajstić information content (AvgIpc) is 3.55. The van der Waals surface area contributed by atoms with Crippen LogP contribution in [0.5, 0.6) is 0 Å². The van der Waals surface area contributed by atoms with Crippen molar-refractivity contribution in [1.82, 2.24) is 20.7 Å². The average molecular weight is 465 g/mol. The lowest BCUT2D eigenvalue weighted by Gasteiger charge is -2.49. The maximum Gasteiger partial charge on any atom is 0.223 e. The zero-order chi connectivity index (χ0) is 23.7. The van der Waals surface area contributed by atoms with Crippen LogP contribution in [0.15, 0.2) is 47.2 Å². The van der Waals surface area contributed by atoms with E-state index in [0.717, 1.165) is 66.4 Å². The number of furan rings is 1. The fraction of sp³-hybridized carbons (Fsp3) is 0.500. The Morgan fingerprint density at radius 2 is 2.03 bits per heavy atom. The van der Waals surface area contributed by atoms with E-state index in [1.54, 1.807) is 6.26 Å². The molecule has 7 N–H and O–H groups in total. The lowest BCUT2D eigenvalue weighted by molar-refractivity contribution is -0.139. The van der Waals surface area contributed by atoms with Gasteiger partial charge in [0, 0.05) is 41.7 Å². The van der Waals surface area contributed by atoms with Gasteiger partial charge in [-0.25, -0.2) is 10.9 Å². The van der Waals surface area contributed by atoms with Crippen molar-refractivity contribution in [2.75, 3.05) is 6.54 Å². The Bertz CT molecular complexity index is 1110. The van der Waals surface area contributed by atoms with Gasteiger partial charge in [-0.2, -0.15) is 0 Å². The second-order valence-corrected chi connectivity index (χ2v) is 9.92. The van der Waals surface area contributed by atoms with Gasteiger partial charge in [0.1, 0.15) is 5.76 Å². The van der Waals surface area contributed by atoms with Gasteiger partial charge in [0.25, 0.3) is 0 Å². The normalized spacial score (nSPS) is 23.9. The number of hydrogen-bond acceptors (Lipinski definition) is 6. The smallest absolute Gasteiger partial charge is 0.223 e. The molecule has 0 spiro atoms. The number of aromatic nitrogens is 1. The molecule has 182 valence electrons. The van der Waals surface area contributed by atoms with Gasteiger partial charge in [0.15, 0.2) is 0 Å². The second-order valence-electron chi connectivity index (χ2n) is 9.92. The molecule has 3 aromatic rings. The summed E-state index contributed by atoms with van der Waals surface area (Å²) in [6.07, 6.45) is 9.45. The van der Waals surface area contributed by atoms with Crippen LogP contribution >= 0.6 is 0 Å². The van der Waals surface area contributed by atoms with Crippen molar-refractivity contribution in [2.24, 2.45) is 23.5 Å². The predicted molar refractivity (Wildman–Crippen MR) is 133 cm³/mol. The molecule has 1 saturated carbocycles. The van der Waals surface area contributed by atoms with Crippen LogP contribution < -0.4 is 22.5 Å². The Morgan fingerprint density at radius 1 is 1.18 bits per heavy atom. The van der Waals surface area contributed by atoms with Gasteiger partial charge in [-0.1, -0.05) is 25.5 Å². The van der Waals surface area contributed by atoms with E-state index in [-0.39, 0.29) is 24.0 Å². The molecule has 1 amide bonds. The summed E-state index contributed by atoms with van der Waals surface area (Å²) in [6, 6.07) is 10.3. The van der Waals surface area contributed by atoms with Crippen LogP contribution in [0.3, 0.4) is 0 Å². The number of nitrogens with zero attached hydrogens (tertiary/aromatic N) is 1. The molecule has 2 aromatic heterocycles. The van der Waals surface area contributed by atoms with Gasteiger partial charge in [-0.15, -0.1) is 0 Å². The zero-order valence-corrected chi connectivity index (χ0v) is 19.8. The number of hydrogen-bond donors (Lipinski definition) is 5. The van der Waals surface area contributed by atoms with Crippen molar-refractivity contribution in [3.05, 3.63) is 48.4 Å². The summed E-state index contributed by atoms with van der Waals surface area (Å²) in [6.45, 7) is 2.99. The zero-order valence-electron chi connectivity index (χ0n) is 19.8. The highest BCUT2D eigenvalue weighted by molar-refractivity contribution is 5.97. The number of hydrazine groups is 2. The molecule has 8 nitrogen and oxygen atoms in total. The van der Waals surface area contributed by atoms with E-state index in [2.05, 4.69) is 46.0 Å².